The van der Waals surface area contributed by atoms with Crippen molar-refractivity contribution < 1.29 is 9.59 Å². The van der Waals surface area contributed by atoms with Gasteiger partial charge < -0.3 is 0 Å². The third kappa shape index (κ3) is 2.38. The SMILES string of the molecule is CCc1ccc(C(=O)c2ccccc2C=O)cc1. The lowest BCUT2D eigenvalue weighted by atomic mass is 9.98. The van der Waals surface area contributed by atoms with Crippen molar-refractivity contribution in [2.75, 3.05) is 0 Å². The van der Waals surface area contributed by atoms with Gasteiger partial charge in [-0.15, -0.1) is 0 Å². The highest BCUT2D eigenvalue weighted by Crippen LogP contribution is 2.14. The van der Waals surface area contributed by atoms with Crippen LogP contribution in [-0.4, -0.2) is 12.1 Å². The van der Waals surface area contributed by atoms with Crippen LogP contribution >= 0.6 is 0 Å². The van der Waals surface area contributed by atoms with Crippen LogP contribution in [0.1, 0.15) is 38.8 Å². The van der Waals surface area contributed by atoms with Crippen LogP contribution in [0.25, 0.3) is 0 Å². The smallest absolute Gasteiger partial charge is 0.193 e. The van der Waals surface area contributed by atoms with Gasteiger partial charge in [0.1, 0.15) is 0 Å². The van der Waals surface area contributed by atoms with E-state index in [0.717, 1.165) is 6.42 Å². The van der Waals surface area contributed by atoms with Crippen molar-refractivity contribution in [3.05, 3.63) is 70.8 Å². The highest BCUT2D eigenvalue weighted by Gasteiger charge is 2.12. The van der Waals surface area contributed by atoms with Crippen LogP contribution in [0.5, 0.6) is 0 Å². The van der Waals surface area contributed by atoms with Crippen molar-refractivity contribution in [3.8, 4) is 0 Å². The van der Waals surface area contributed by atoms with E-state index in [0.29, 0.717) is 23.0 Å². The predicted octanol–water partition coefficient (Wildman–Crippen LogP) is 3.29. The summed E-state index contributed by atoms with van der Waals surface area (Å²) in [5, 5.41) is 0. The molecule has 2 aromatic carbocycles. The summed E-state index contributed by atoms with van der Waals surface area (Å²) in [5.74, 6) is -0.111. The molecule has 0 saturated heterocycles. The van der Waals surface area contributed by atoms with Crippen LogP contribution in [0, 0.1) is 0 Å². The second-order valence-electron chi connectivity index (χ2n) is 4.08. The molecule has 0 fully saturated rings. The fourth-order valence-electron chi connectivity index (χ4n) is 1.85. The molecule has 0 aliphatic heterocycles. The average Bonchev–Trinajstić information content (AvgIpc) is 2.46. The van der Waals surface area contributed by atoms with E-state index in [2.05, 4.69) is 6.92 Å². The Balaban J connectivity index is 2.38. The van der Waals surface area contributed by atoms with Gasteiger partial charge in [0.2, 0.25) is 0 Å². The van der Waals surface area contributed by atoms with E-state index in [1.807, 2.05) is 24.3 Å². The molecule has 0 aliphatic rings. The summed E-state index contributed by atoms with van der Waals surface area (Å²) in [4.78, 5) is 23.2. The minimum atomic E-state index is -0.111. The second kappa shape index (κ2) is 5.41. The molecule has 0 saturated carbocycles. The molecular formula is C16H14O2. The van der Waals surface area contributed by atoms with Crippen LogP contribution in [-0.2, 0) is 6.42 Å². The number of rotatable bonds is 4. The largest absolute Gasteiger partial charge is 0.298 e. The van der Waals surface area contributed by atoms with E-state index in [1.165, 1.54) is 5.56 Å². The number of hydrogen-bond acceptors (Lipinski definition) is 2. The average molecular weight is 238 g/mol. The lowest BCUT2D eigenvalue weighted by molar-refractivity contribution is 0.102. The van der Waals surface area contributed by atoms with Gasteiger partial charge in [0, 0.05) is 16.7 Å². The van der Waals surface area contributed by atoms with Gasteiger partial charge in [0.25, 0.3) is 0 Å². The molecule has 2 heteroatoms. The van der Waals surface area contributed by atoms with Gasteiger partial charge in [-0.2, -0.15) is 0 Å². The van der Waals surface area contributed by atoms with E-state index >= 15 is 0 Å². The van der Waals surface area contributed by atoms with Crippen molar-refractivity contribution in [1.82, 2.24) is 0 Å². The number of aldehydes is 1. The molecule has 0 N–H and O–H groups in total. The van der Waals surface area contributed by atoms with E-state index in [9.17, 15) is 9.59 Å². The van der Waals surface area contributed by atoms with Gasteiger partial charge in [0.05, 0.1) is 0 Å². The summed E-state index contributed by atoms with van der Waals surface area (Å²) in [5.41, 5.74) is 2.69. The number of benzene rings is 2. The van der Waals surface area contributed by atoms with Crippen LogP contribution < -0.4 is 0 Å². The molecule has 0 bridgehead atoms. The fraction of sp³-hybridized carbons (Fsp3) is 0.125. The lowest BCUT2D eigenvalue weighted by Crippen LogP contribution is -2.05. The van der Waals surface area contributed by atoms with E-state index in [-0.39, 0.29) is 5.78 Å². The number of carbonyl (C=O) groups excluding carboxylic acids is 2. The van der Waals surface area contributed by atoms with Crippen molar-refractivity contribution in [1.29, 1.82) is 0 Å². The zero-order valence-corrected chi connectivity index (χ0v) is 10.2. The maximum absolute atomic E-state index is 12.3. The Hall–Kier alpha value is -2.22. The molecular weight excluding hydrogens is 224 g/mol. The van der Waals surface area contributed by atoms with E-state index < -0.39 is 0 Å². The minimum Gasteiger partial charge on any atom is -0.298 e. The third-order valence-electron chi connectivity index (χ3n) is 2.96. The zero-order chi connectivity index (χ0) is 13.0. The van der Waals surface area contributed by atoms with E-state index in [4.69, 9.17) is 0 Å². The third-order valence-corrected chi connectivity index (χ3v) is 2.96. The molecule has 2 rings (SSSR count). The highest BCUT2D eigenvalue weighted by atomic mass is 16.1. The normalized spacial score (nSPS) is 10.1. The predicted molar refractivity (Wildman–Crippen MR) is 71.1 cm³/mol. The summed E-state index contributed by atoms with van der Waals surface area (Å²) >= 11 is 0. The van der Waals surface area contributed by atoms with Crippen molar-refractivity contribution >= 4 is 12.1 Å². The Morgan fingerprint density at radius 3 is 2.33 bits per heavy atom. The maximum atomic E-state index is 12.3. The Labute approximate surface area is 106 Å². The molecule has 0 aliphatic carbocycles. The summed E-state index contributed by atoms with van der Waals surface area (Å²) in [6.45, 7) is 2.07. The molecule has 0 spiro atoms. The fourth-order valence-corrected chi connectivity index (χ4v) is 1.85. The second-order valence-corrected chi connectivity index (χ2v) is 4.08. The van der Waals surface area contributed by atoms with E-state index in [1.54, 1.807) is 24.3 Å². The molecule has 2 nitrogen and oxygen atoms in total. The van der Waals surface area contributed by atoms with Gasteiger partial charge in [-0.3, -0.25) is 9.59 Å². The Morgan fingerprint density at radius 1 is 1.06 bits per heavy atom. The molecule has 0 heterocycles. The lowest BCUT2D eigenvalue weighted by Gasteiger charge is -2.04. The monoisotopic (exact) mass is 238 g/mol. The molecule has 0 unspecified atom stereocenters. The summed E-state index contributed by atoms with van der Waals surface area (Å²) in [7, 11) is 0. The topological polar surface area (TPSA) is 34.1 Å². The molecule has 0 amide bonds. The first-order valence-corrected chi connectivity index (χ1v) is 5.94. The maximum Gasteiger partial charge on any atom is 0.193 e. The number of hydrogen-bond donors (Lipinski definition) is 0. The summed E-state index contributed by atoms with van der Waals surface area (Å²) < 4.78 is 0. The number of aryl methyl sites for hydroxylation is 1. The quantitative estimate of drug-likeness (QED) is 0.605. The Bertz CT molecular complexity index is 568. The first-order chi connectivity index (χ1) is 8.76. The van der Waals surface area contributed by atoms with Crippen molar-refractivity contribution in [2.45, 2.75) is 13.3 Å². The highest BCUT2D eigenvalue weighted by molar-refractivity contribution is 6.12. The zero-order valence-electron chi connectivity index (χ0n) is 10.2. The van der Waals surface area contributed by atoms with Crippen LogP contribution in [0.3, 0.4) is 0 Å². The number of carbonyl (C=O) groups is 2. The first kappa shape index (κ1) is 12.2. The van der Waals surface area contributed by atoms with Gasteiger partial charge in [-0.1, -0.05) is 55.5 Å². The first-order valence-electron chi connectivity index (χ1n) is 5.94. The molecule has 0 aromatic heterocycles. The molecule has 2 aromatic rings. The van der Waals surface area contributed by atoms with Crippen molar-refractivity contribution in [2.24, 2.45) is 0 Å². The summed E-state index contributed by atoms with van der Waals surface area (Å²) in [6.07, 6.45) is 1.66. The van der Waals surface area contributed by atoms with Gasteiger partial charge >= 0.3 is 0 Å². The van der Waals surface area contributed by atoms with Crippen molar-refractivity contribution in [3.63, 3.8) is 0 Å². The Morgan fingerprint density at radius 2 is 1.72 bits per heavy atom. The van der Waals surface area contributed by atoms with Crippen LogP contribution in [0.15, 0.2) is 48.5 Å². The van der Waals surface area contributed by atoms with Gasteiger partial charge in [-0.05, 0) is 12.0 Å². The Kier molecular flexibility index (Phi) is 3.68. The van der Waals surface area contributed by atoms with Crippen LogP contribution in [0.2, 0.25) is 0 Å². The van der Waals surface area contributed by atoms with Crippen LogP contribution in [0.4, 0.5) is 0 Å². The molecule has 0 atom stereocenters. The summed E-state index contributed by atoms with van der Waals surface area (Å²) in [6, 6.07) is 14.3. The van der Waals surface area contributed by atoms with Gasteiger partial charge in [0.15, 0.2) is 12.1 Å². The number of ketones is 1. The van der Waals surface area contributed by atoms with Gasteiger partial charge in [-0.25, -0.2) is 0 Å². The minimum absolute atomic E-state index is 0.111. The molecule has 90 valence electrons. The molecule has 18 heavy (non-hydrogen) atoms. The standard InChI is InChI=1S/C16H14O2/c1-2-12-7-9-13(10-8-12)16(18)15-6-4-3-5-14(15)11-17/h3-11H,2H2,1H3. The molecule has 0 radical (unpaired) electrons.